The van der Waals surface area contributed by atoms with Gasteiger partial charge in [-0.25, -0.2) is 9.37 Å². The number of nitrogens with zero attached hydrogens (tertiary/aromatic N) is 3. The summed E-state index contributed by atoms with van der Waals surface area (Å²) in [5.74, 6) is 1.93. The maximum atomic E-state index is 14.9. The van der Waals surface area contributed by atoms with Crippen molar-refractivity contribution in [3.8, 4) is 0 Å². The molecule has 0 bridgehead atoms. The fraction of sp³-hybridized carbons (Fsp3) is 0.596. The van der Waals surface area contributed by atoms with E-state index < -0.39 is 5.67 Å². The van der Waals surface area contributed by atoms with E-state index >= 15 is 0 Å². The molecule has 1 heterocycles. The molecule has 1 fully saturated rings. The van der Waals surface area contributed by atoms with Crippen molar-refractivity contribution in [2.45, 2.75) is 145 Å². The summed E-state index contributed by atoms with van der Waals surface area (Å²) in [6.45, 7) is 22.2. The molecule has 5 nitrogen and oxygen atoms in total. The van der Waals surface area contributed by atoms with Crippen LogP contribution < -0.4 is 11.1 Å². The van der Waals surface area contributed by atoms with E-state index in [0.717, 1.165) is 118 Å². The number of rotatable bonds is 21. The smallest absolute Gasteiger partial charge is 0.141 e. The minimum Gasteiger partial charge on any atom is -0.330 e. The van der Waals surface area contributed by atoms with Crippen molar-refractivity contribution in [3.63, 3.8) is 0 Å². The first-order chi connectivity index (χ1) is 25.9. The van der Waals surface area contributed by atoms with E-state index in [9.17, 15) is 8.87 Å². The lowest BCUT2D eigenvalue weighted by Crippen LogP contribution is -2.18. The Hall–Kier alpha value is -3.13. The van der Waals surface area contributed by atoms with Crippen LogP contribution in [0.25, 0.3) is 16.6 Å². The van der Waals surface area contributed by atoms with E-state index in [-0.39, 0.29) is 0 Å². The van der Waals surface area contributed by atoms with Gasteiger partial charge in [0.05, 0.1) is 11.0 Å². The molecule has 1 aromatic heterocycles. The van der Waals surface area contributed by atoms with Gasteiger partial charge in [-0.2, -0.15) is 0 Å². The second kappa shape index (κ2) is 25.1. The lowest BCUT2D eigenvalue weighted by molar-refractivity contribution is 0.0586. The van der Waals surface area contributed by atoms with E-state index in [1.54, 1.807) is 13.8 Å². The zero-order valence-corrected chi connectivity index (χ0v) is 35.8. The van der Waals surface area contributed by atoms with Gasteiger partial charge in [0.1, 0.15) is 11.5 Å². The molecule has 2 aromatic carbocycles. The number of allylic oxidation sites excluding steroid dienone is 6. The normalized spacial score (nSPS) is 13.7. The predicted molar refractivity (Wildman–Crippen MR) is 231 cm³/mol. The molecule has 54 heavy (non-hydrogen) atoms. The number of alkyl halides is 1. The lowest BCUT2D eigenvalue weighted by Gasteiger charge is -2.18. The summed E-state index contributed by atoms with van der Waals surface area (Å²) < 4.78 is 29.1. The third kappa shape index (κ3) is 15.9. The number of nitrogens with one attached hydrogen (secondary N) is 1. The zero-order chi connectivity index (χ0) is 40.1. The van der Waals surface area contributed by atoms with Crippen molar-refractivity contribution in [1.82, 2.24) is 20.0 Å². The van der Waals surface area contributed by atoms with Crippen molar-refractivity contribution >= 4 is 16.6 Å². The van der Waals surface area contributed by atoms with Gasteiger partial charge in [-0.3, -0.25) is 0 Å². The predicted octanol–water partition coefficient (Wildman–Crippen LogP) is 12.1. The highest BCUT2D eigenvalue weighted by Crippen LogP contribution is 2.32. The van der Waals surface area contributed by atoms with Gasteiger partial charge in [0, 0.05) is 25.7 Å². The average molecular weight is 748 g/mol. The molecule has 0 atom stereocenters. The monoisotopic (exact) mass is 748 g/mol. The van der Waals surface area contributed by atoms with Gasteiger partial charge >= 0.3 is 0 Å². The van der Waals surface area contributed by atoms with Crippen LogP contribution in [0, 0.1) is 19.8 Å². The van der Waals surface area contributed by atoms with Crippen LogP contribution in [0.1, 0.15) is 140 Å². The Morgan fingerprint density at radius 1 is 1.04 bits per heavy atom. The molecule has 0 amide bonds. The largest absolute Gasteiger partial charge is 0.330 e. The van der Waals surface area contributed by atoms with Crippen LogP contribution >= 0.6 is 0 Å². The Bertz CT molecular complexity index is 1600. The molecule has 3 N–H and O–H groups in total. The fourth-order valence-electron chi connectivity index (χ4n) is 6.74. The number of aryl methyl sites for hydroxylation is 4. The first-order valence-corrected chi connectivity index (χ1v) is 21.0. The van der Waals surface area contributed by atoms with Crippen molar-refractivity contribution in [2.75, 3.05) is 33.2 Å². The zero-order valence-electron chi connectivity index (χ0n) is 35.8. The Balaban J connectivity index is 0.00000100. The van der Waals surface area contributed by atoms with Crippen molar-refractivity contribution in [2.24, 2.45) is 11.7 Å². The van der Waals surface area contributed by atoms with Crippen LogP contribution in [0.4, 0.5) is 8.87 Å². The highest BCUT2D eigenvalue weighted by molar-refractivity contribution is 5.86. The van der Waals surface area contributed by atoms with E-state index in [1.807, 2.05) is 39.8 Å². The summed E-state index contributed by atoms with van der Waals surface area (Å²) in [5.41, 5.74) is 14.8. The van der Waals surface area contributed by atoms with Gasteiger partial charge in [-0.05, 0) is 164 Å². The Morgan fingerprint density at radius 3 is 2.37 bits per heavy atom. The van der Waals surface area contributed by atoms with Crippen molar-refractivity contribution in [3.05, 3.63) is 93.9 Å². The maximum Gasteiger partial charge on any atom is 0.141 e. The molecule has 1 saturated carbocycles. The second-order valence-corrected chi connectivity index (χ2v) is 15.2. The number of hydrogen-bond donors (Lipinski definition) is 2. The number of aromatic nitrogens is 2. The molecular weight excluding hydrogens is 673 g/mol. The number of benzene rings is 2. The number of nitrogens with two attached hydrogens (primary N) is 1. The van der Waals surface area contributed by atoms with Crippen molar-refractivity contribution in [1.29, 1.82) is 0 Å². The van der Waals surface area contributed by atoms with E-state index in [0.29, 0.717) is 11.7 Å². The van der Waals surface area contributed by atoms with Gasteiger partial charge in [0.25, 0.3) is 0 Å². The lowest BCUT2D eigenvalue weighted by atomic mass is 9.92. The molecule has 4 rings (SSSR count). The molecule has 0 saturated heterocycles. The average Bonchev–Trinajstić information content (AvgIpc) is 3.90. The first kappa shape index (κ1) is 47.0. The molecule has 0 spiro atoms. The van der Waals surface area contributed by atoms with Crippen molar-refractivity contribution < 1.29 is 8.87 Å². The molecule has 302 valence electrons. The van der Waals surface area contributed by atoms with Gasteiger partial charge in [-0.1, -0.05) is 82.7 Å². The first-order valence-electron chi connectivity index (χ1n) is 21.0. The molecule has 3 aromatic rings. The summed E-state index contributed by atoms with van der Waals surface area (Å²) in [4.78, 5) is 5.41. The highest BCUT2D eigenvalue weighted by Gasteiger charge is 2.22. The summed E-state index contributed by atoms with van der Waals surface area (Å²) in [6.07, 6.45) is 20.6. The minimum absolute atomic E-state index is 0.566. The van der Waals surface area contributed by atoms with Gasteiger partial charge in [0.15, 0.2) is 0 Å². The Morgan fingerprint density at radius 2 is 1.78 bits per heavy atom. The van der Waals surface area contributed by atoms with E-state index in [4.69, 9.17) is 10.7 Å². The molecule has 7 heteroatoms. The number of halogens is 2. The summed E-state index contributed by atoms with van der Waals surface area (Å²) in [5, 5.41) is 4.39. The van der Waals surface area contributed by atoms with Gasteiger partial charge < -0.3 is 15.6 Å². The van der Waals surface area contributed by atoms with Gasteiger partial charge in [0.2, 0.25) is 0 Å². The van der Waals surface area contributed by atoms with E-state index in [1.165, 1.54) is 47.7 Å². The Labute approximate surface area is 328 Å². The quantitative estimate of drug-likeness (QED) is 0.0647. The van der Waals surface area contributed by atoms with Crippen LogP contribution in [0.15, 0.2) is 60.2 Å². The third-order valence-corrected chi connectivity index (χ3v) is 9.71. The second-order valence-electron chi connectivity index (χ2n) is 15.2. The molecule has 0 aliphatic heterocycles. The molecular formula is C47H75F2N5. The maximum absolute atomic E-state index is 14.9. The fourth-order valence-corrected chi connectivity index (χ4v) is 6.74. The van der Waals surface area contributed by atoms with Crippen LogP contribution in [0.2, 0.25) is 0 Å². The van der Waals surface area contributed by atoms with Crippen LogP contribution in [-0.4, -0.2) is 47.9 Å². The molecule has 0 radical (unpaired) electrons. The number of hydrogen-bond acceptors (Lipinski definition) is 4. The van der Waals surface area contributed by atoms with Gasteiger partial charge in [-0.15, -0.1) is 9.60 Å². The topological polar surface area (TPSA) is 59.1 Å². The summed E-state index contributed by atoms with van der Waals surface area (Å²) in [6, 6.07) is 10.8. The Kier molecular flexibility index (Phi) is 21.9. The standard InChI is InChI=1S/C40H57FN4.C5H12FN.C2H6/c1-7-13-35(39-44-38-34(15-9-10-22-42)25-29(3)26-37(38)45(39)24-8-2)33(17-12-23-43-28-32-20-21-32)16-11-14-31-19-18-30(4)36(27-31)40(5,6)41;1-3-4-5-7(2)6;1-2/h7,11,13,16,18-19,25-27,32,43H,8-10,12,14-15,17,20-24,28,42H2,1-6H3;3-5H2,1-2H3;1-2H3/b13-7-,16-11+,35-33-;;. The van der Waals surface area contributed by atoms with E-state index in [2.05, 4.69) is 73.2 Å². The number of fused-ring (bicyclic) bond motifs is 1. The van der Waals surface area contributed by atoms with Crippen LogP contribution in [0.3, 0.4) is 0 Å². The molecule has 1 aliphatic carbocycles. The third-order valence-electron chi connectivity index (χ3n) is 9.71. The SMILES string of the molecule is CC.CCCCN(C)F.C\C=C/C(=C(\C=C\Cc1ccc(C)c(C(C)(C)F)c1)CCCNCC1CC1)c1nc2c(CCCCN)cc(C)cc2n1CCC. The molecule has 1 aliphatic rings. The number of unbranched alkanes of at least 4 members (excludes halogenated alkanes) is 2. The molecule has 0 unspecified atom stereocenters. The summed E-state index contributed by atoms with van der Waals surface area (Å²) >= 11 is 0. The van der Waals surface area contributed by atoms with Crippen LogP contribution in [-0.2, 0) is 25.1 Å². The minimum atomic E-state index is -1.36. The summed E-state index contributed by atoms with van der Waals surface area (Å²) in [7, 11) is 1.44. The number of imidazole rings is 1. The highest BCUT2D eigenvalue weighted by atomic mass is 19.2. The van der Waals surface area contributed by atoms with Crippen LogP contribution in [0.5, 0.6) is 0 Å².